The van der Waals surface area contributed by atoms with Gasteiger partial charge in [0, 0.05) is 19.1 Å². The molecule has 0 bridgehead atoms. The number of benzene rings is 1. The molecule has 1 fully saturated rings. The Morgan fingerprint density at radius 2 is 2.27 bits per heavy atom. The Bertz CT molecular complexity index is 476. The van der Waals surface area contributed by atoms with Gasteiger partial charge in [-0.1, -0.05) is 25.6 Å². The van der Waals surface area contributed by atoms with E-state index in [0.717, 1.165) is 31.1 Å². The van der Waals surface area contributed by atoms with Gasteiger partial charge in [-0.25, -0.2) is 0 Å². The van der Waals surface area contributed by atoms with E-state index in [-0.39, 0.29) is 0 Å². The van der Waals surface area contributed by atoms with Crippen LogP contribution < -0.4 is 14.8 Å². The molecular formula is C18H28N2O2. The normalized spacial score (nSPS) is 18.4. The minimum absolute atomic E-state index is 0.489. The minimum atomic E-state index is 0.489. The lowest BCUT2D eigenvalue weighted by Crippen LogP contribution is -2.37. The van der Waals surface area contributed by atoms with E-state index in [0.29, 0.717) is 12.6 Å². The van der Waals surface area contributed by atoms with E-state index >= 15 is 0 Å². The van der Waals surface area contributed by atoms with Gasteiger partial charge in [-0.2, -0.15) is 0 Å². The summed E-state index contributed by atoms with van der Waals surface area (Å²) in [6.07, 6.45) is 4.36. The predicted molar refractivity (Wildman–Crippen MR) is 90.7 cm³/mol. The molecule has 1 saturated heterocycles. The number of hydrogen-bond donors (Lipinski definition) is 1. The van der Waals surface area contributed by atoms with Crippen molar-refractivity contribution in [1.82, 2.24) is 10.2 Å². The third-order valence-electron chi connectivity index (χ3n) is 4.20. The van der Waals surface area contributed by atoms with Crippen LogP contribution in [0.1, 0.15) is 25.3 Å². The summed E-state index contributed by atoms with van der Waals surface area (Å²) >= 11 is 0. The summed E-state index contributed by atoms with van der Waals surface area (Å²) in [4.78, 5) is 2.56. The van der Waals surface area contributed by atoms with E-state index in [9.17, 15) is 0 Å². The summed E-state index contributed by atoms with van der Waals surface area (Å²) in [5.41, 5.74) is 1.21. The second-order valence-electron chi connectivity index (χ2n) is 5.64. The Morgan fingerprint density at radius 1 is 1.41 bits per heavy atom. The molecule has 0 radical (unpaired) electrons. The Hall–Kier alpha value is -1.52. The molecule has 122 valence electrons. The summed E-state index contributed by atoms with van der Waals surface area (Å²) in [7, 11) is 1.67. The van der Waals surface area contributed by atoms with Gasteiger partial charge in [0.25, 0.3) is 0 Å². The van der Waals surface area contributed by atoms with Crippen LogP contribution >= 0.6 is 0 Å². The molecule has 1 aromatic rings. The van der Waals surface area contributed by atoms with Crippen molar-refractivity contribution in [3.05, 3.63) is 36.4 Å². The molecule has 0 amide bonds. The maximum absolute atomic E-state index is 5.58. The fraction of sp³-hybridized carbons (Fsp3) is 0.556. The molecule has 1 aliphatic heterocycles. The Morgan fingerprint density at radius 3 is 3.00 bits per heavy atom. The average Bonchev–Trinajstić information content (AvgIpc) is 3.01. The van der Waals surface area contributed by atoms with Crippen molar-refractivity contribution in [2.75, 3.05) is 33.4 Å². The third-order valence-corrected chi connectivity index (χ3v) is 4.20. The van der Waals surface area contributed by atoms with Crippen LogP contribution in [-0.2, 0) is 6.54 Å². The van der Waals surface area contributed by atoms with Gasteiger partial charge in [0.05, 0.1) is 7.11 Å². The summed E-state index contributed by atoms with van der Waals surface area (Å²) in [6, 6.07) is 6.77. The highest BCUT2D eigenvalue weighted by Gasteiger charge is 2.22. The SMILES string of the molecule is C=CCOc1ccc(CNCC2CCCN2CC)cc1OC. The molecule has 4 nitrogen and oxygen atoms in total. The maximum atomic E-state index is 5.58. The number of hydrogen-bond acceptors (Lipinski definition) is 4. The zero-order valence-electron chi connectivity index (χ0n) is 13.8. The molecule has 0 aliphatic carbocycles. The lowest BCUT2D eigenvalue weighted by Gasteiger charge is -2.23. The van der Waals surface area contributed by atoms with E-state index in [1.54, 1.807) is 13.2 Å². The van der Waals surface area contributed by atoms with Crippen LogP contribution in [0.2, 0.25) is 0 Å². The summed E-state index contributed by atoms with van der Waals surface area (Å²) < 4.78 is 11.0. The summed E-state index contributed by atoms with van der Waals surface area (Å²) in [5.74, 6) is 1.54. The van der Waals surface area contributed by atoms with Gasteiger partial charge < -0.3 is 14.8 Å². The molecule has 1 unspecified atom stereocenters. The van der Waals surface area contributed by atoms with Gasteiger partial charge in [0.15, 0.2) is 11.5 Å². The van der Waals surface area contributed by atoms with Gasteiger partial charge in [-0.05, 0) is 43.6 Å². The zero-order chi connectivity index (χ0) is 15.8. The lowest BCUT2D eigenvalue weighted by atomic mass is 10.2. The van der Waals surface area contributed by atoms with Crippen LogP contribution in [-0.4, -0.2) is 44.3 Å². The fourth-order valence-electron chi connectivity index (χ4n) is 3.02. The zero-order valence-corrected chi connectivity index (χ0v) is 13.8. The number of likely N-dealkylation sites (N-methyl/N-ethyl adjacent to an activating group) is 1. The molecule has 1 N–H and O–H groups in total. The molecule has 1 aliphatic rings. The molecule has 1 heterocycles. The molecule has 22 heavy (non-hydrogen) atoms. The van der Waals surface area contributed by atoms with Gasteiger partial charge in [-0.15, -0.1) is 0 Å². The highest BCUT2D eigenvalue weighted by Crippen LogP contribution is 2.28. The Balaban J connectivity index is 1.86. The first-order valence-electron chi connectivity index (χ1n) is 8.13. The highest BCUT2D eigenvalue weighted by atomic mass is 16.5. The number of likely N-dealkylation sites (tertiary alicyclic amines) is 1. The van der Waals surface area contributed by atoms with Crippen molar-refractivity contribution < 1.29 is 9.47 Å². The van der Waals surface area contributed by atoms with E-state index in [2.05, 4.69) is 29.8 Å². The van der Waals surface area contributed by atoms with Crippen molar-refractivity contribution in [3.8, 4) is 11.5 Å². The second-order valence-corrected chi connectivity index (χ2v) is 5.64. The van der Waals surface area contributed by atoms with Crippen LogP contribution in [0.3, 0.4) is 0 Å². The molecular weight excluding hydrogens is 276 g/mol. The number of rotatable bonds is 9. The number of nitrogens with one attached hydrogen (secondary N) is 1. The molecule has 4 heteroatoms. The molecule has 0 saturated carbocycles. The van der Waals surface area contributed by atoms with Gasteiger partial charge in [0.1, 0.15) is 6.61 Å². The fourth-order valence-corrected chi connectivity index (χ4v) is 3.02. The quantitative estimate of drug-likeness (QED) is 0.711. The first-order valence-corrected chi connectivity index (χ1v) is 8.13. The Labute approximate surface area is 134 Å². The van der Waals surface area contributed by atoms with Gasteiger partial charge >= 0.3 is 0 Å². The molecule has 0 spiro atoms. The van der Waals surface area contributed by atoms with Crippen molar-refractivity contribution in [2.45, 2.75) is 32.4 Å². The van der Waals surface area contributed by atoms with Crippen LogP contribution in [0.4, 0.5) is 0 Å². The smallest absolute Gasteiger partial charge is 0.161 e. The number of nitrogens with zero attached hydrogens (tertiary/aromatic N) is 1. The molecule has 1 aromatic carbocycles. The maximum Gasteiger partial charge on any atom is 0.161 e. The summed E-state index contributed by atoms with van der Waals surface area (Å²) in [6.45, 7) is 10.7. The van der Waals surface area contributed by atoms with Crippen LogP contribution in [0.25, 0.3) is 0 Å². The number of methoxy groups -OCH3 is 1. The lowest BCUT2D eigenvalue weighted by molar-refractivity contribution is 0.260. The number of ether oxygens (including phenoxy) is 2. The predicted octanol–water partition coefficient (Wildman–Crippen LogP) is 2.83. The largest absolute Gasteiger partial charge is 0.493 e. The van der Waals surface area contributed by atoms with Crippen molar-refractivity contribution in [3.63, 3.8) is 0 Å². The molecule has 0 aromatic heterocycles. The molecule has 2 rings (SSSR count). The van der Waals surface area contributed by atoms with E-state index in [1.807, 2.05) is 12.1 Å². The monoisotopic (exact) mass is 304 g/mol. The van der Waals surface area contributed by atoms with Gasteiger partial charge in [-0.3, -0.25) is 4.90 Å². The topological polar surface area (TPSA) is 33.7 Å². The first-order chi connectivity index (χ1) is 10.8. The third kappa shape index (κ3) is 4.49. The average molecular weight is 304 g/mol. The minimum Gasteiger partial charge on any atom is -0.493 e. The van der Waals surface area contributed by atoms with Crippen LogP contribution in [0, 0.1) is 0 Å². The van der Waals surface area contributed by atoms with Crippen LogP contribution in [0.5, 0.6) is 11.5 Å². The summed E-state index contributed by atoms with van der Waals surface area (Å²) in [5, 5.41) is 3.57. The second kappa shape index (κ2) is 8.81. The Kier molecular flexibility index (Phi) is 6.74. The standard InChI is InChI=1S/C18H28N2O2/c1-4-11-22-17-9-8-15(12-18(17)21-3)13-19-14-16-7-6-10-20(16)5-2/h4,8-9,12,16,19H,1,5-7,10-11,13-14H2,2-3H3. The molecule has 1 atom stereocenters. The van der Waals surface area contributed by atoms with E-state index < -0.39 is 0 Å². The van der Waals surface area contributed by atoms with Crippen molar-refractivity contribution >= 4 is 0 Å². The van der Waals surface area contributed by atoms with Crippen molar-refractivity contribution in [1.29, 1.82) is 0 Å². The highest BCUT2D eigenvalue weighted by molar-refractivity contribution is 5.43. The first kappa shape index (κ1) is 16.8. The van der Waals surface area contributed by atoms with Crippen molar-refractivity contribution in [2.24, 2.45) is 0 Å². The van der Waals surface area contributed by atoms with E-state index in [4.69, 9.17) is 9.47 Å². The van der Waals surface area contributed by atoms with Crippen LogP contribution in [0.15, 0.2) is 30.9 Å². The van der Waals surface area contributed by atoms with Gasteiger partial charge in [0.2, 0.25) is 0 Å². The van der Waals surface area contributed by atoms with E-state index in [1.165, 1.54) is 24.9 Å².